The van der Waals surface area contributed by atoms with Gasteiger partial charge in [0.2, 0.25) is 5.91 Å². The van der Waals surface area contributed by atoms with Crippen molar-refractivity contribution in [2.75, 3.05) is 0 Å². The van der Waals surface area contributed by atoms with E-state index in [1.165, 1.54) is 11.1 Å². The first-order valence-corrected chi connectivity index (χ1v) is 9.08. The van der Waals surface area contributed by atoms with Crippen LogP contribution in [0.25, 0.3) is 11.0 Å². The lowest BCUT2D eigenvalue weighted by molar-refractivity contribution is -0.121. The van der Waals surface area contributed by atoms with Gasteiger partial charge < -0.3 is 10.3 Å². The van der Waals surface area contributed by atoms with Gasteiger partial charge in [-0.1, -0.05) is 0 Å². The van der Waals surface area contributed by atoms with Crippen LogP contribution < -0.4 is 5.32 Å². The second kappa shape index (κ2) is 7.32. The highest BCUT2D eigenvalue weighted by molar-refractivity contribution is 5.78. The number of hydrogen-bond donors (Lipinski definition) is 2. The third-order valence-corrected chi connectivity index (χ3v) is 4.69. The number of rotatable bonds is 6. The number of benzene rings is 1. The van der Waals surface area contributed by atoms with Crippen LogP contribution in [0, 0.1) is 27.7 Å². The summed E-state index contributed by atoms with van der Waals surface area (Å²) in [6, 6.07) is 6.26. The number of nitrogens with one attached hydrogen (secondary N) is 2. The molecule has 2 aromatic heterocycles. The van der Waals surface area contributed by atoms with E-state index in [0.717, 1.165) is 28.2 Å². The summed E-state index contributed by atoms with van der Waals surface area (Å²) in [7, 11) is 0. The molecule has 0 aliphatic rings. The van der Waals surface area contributed by atoms with E-state index < -0.39 is 0 Å². The maximum absolute atomic E-state index is 12.2. The second-order valence-electron chi connectivity index (χ2n) is 7.21. The van der Waals surface area contributed by atoms with Crippen molar-refractivity contribution in [1.82, 2.24) is 25.1 Å². The molecule has 26 heavy (non-hydrogen) atoms. The van der Waals surface area contributed by atoms with Crippen molar-refractivity contribution in [1.29, 1.82) is 0 Å². The van der Waals surface area contributed by atoms with Gasteiger partial charge in [0.1, 0.15) is 5.82 Å². The molecule has 1 aromatic carbocycles. The minimum Gasteiger partial charge on any atom is -0.352 e. The number of aromatic amines is 1. The Balaban J connectivity index is 1.54. The SMILES string of the molecule is Cc1cc(C)n(C[C@@H](C)NC(=O)CCc2nc3cc(C)c(C)cc3[nH]2)n1. The smallest absolute Gasteiger partial charge is 0.220 e. The molecule has 0 fully saturated rings. The molecule has 0 unspecified atom stereocenters. The molecule has 138 valence electrons. The molecular weight excluding hydrogens is 326 g/mol. The first kappa shape index (κ1) is 18.2. The Morgan fingerprint density at radius 3 is 2.62 bits per heavy atom. The minimum absolute atomic E-state index is 0.0291. The number of fused-ring (bicyclic) bond motifs is 1. The average molecular weight is 353 g/mol. The Morgan fingerprint density at radius 1 is 1.19 bits per heavy atom. The van der Waals surface area contributed by atoms with Crippen LogP contribution in [0.3, 0.4) is 0 Å². The summed E-state index contributed by atoms with van der Waals surface area (Å²) in [6.45, 7) is 10.9. The molecule has 6 heteroatoms. The van der Waals surface area contributed by atoms with Crippen LogP contribution in [0.2, 0.25) is 0 Å². The van der Waals surface area contributed by atoms with Crippen molar-refractivity contribution in [2.45, 2.75) is 60.0 Å². The van der Waals surface area contributed by atoms with Crippen LogP contribution in [0.1, 0.15) is 41.7 Å². The van der Waals surface area contributed by atoms with Gasteiger partial charge in [-0.15, -0.1) is 0 Å². The van der Waals surface area contributed by atoms with Crippen molar-refractivity contribution in [3.63, 3.8) is 0 Å². The predicted octanol–water partition coefficient (Wildman–Crippen LogP) is 3.13. The summed E-state index contributed by atoms with van der Waals surface area (Å²) in [5.74, 6) is 0.887. The van der Waals surface area contributed by atoms with Crippen molar-refractivity contribution in [3.05, 3.63) is 46.5 Å². The summed E-state index contributed by atoms with van der Waals surface area (Å²) in [5.41, 5.74) is 6.56. The highest BCUT2D eigenvalue weighted by Crippen LogP contribution is 2.17. The number of imidazole rings is 1. The maximum atomic E-state index is 12.2. The van der Waals surface area contributed by atoms with E-state index in [9.17, 15) is 4.79 Å². The molecule has 0 aliphatic heterocycles. The Bertz CT molecular complexity index is 898. The van der Waals surface area contributed by atoms with Gasteiger partial charge in [0.15, 0.2) is 0 Å². The number of aryl methyl sites for hydroxylation is 5. The number of amides is 1. The highest BCUT2D eigenvalue weighted by atomic mass is 16.1. The lowest BCUT2D eigenvalue weighted by Crippen LogP contribution is -2.36. The van der Waals surface area contributed by atoms with Crippen LogP contribution >= 0.6 is 0 Å². The molecule has 2 heterocycles. The topological polar surface area (TPSA) is 75.6 Å². The zero-order chi connectivity index (χ0) is 18.8. The van der Waals surface area contributed by atoms with Gasteiger partial charge in [-0.05, 0) is 63.9 Å². The largest absolute Gasteiger partial charge is 0.352 e. The van der Waals surface area contributed by atoms with Gasteiger partial charge in [0.25, 0.3) is 0 Å². The molecular formula is C20H27N5O. The molecule has 1 amide bonds. The van der Waals surface area contributed by atoms with Crippen molar-refractivity contribution in [3.8, 4) is 0 Å². The summed E-state index contributed by atoms with van der Waals surface area (Å²) >= 11 is 0. The number of carbonyl (C=O) groups excluding carboxylic acids is 1. The monoisotopic (exact) mass is 353 g/mol. The Morgan fingerprint density at radius 2 is 1.92 bits per heavy atom. The van der Waals surface area contributed by atoms with E-state index in [1.54, 1.807) is 0 Å². The van der Waals surface area contributed by atoms with Gasteiger partial charge in [-0.3, -0.25) is 9.48 Å². The van der Waals surface area contributed by atoms with Gasteiger partial charge in [-0.2, -0.15) is 5.10 Å². The van der Waals surface area contributed by atoms with E-state index in [0.29, 0.717) is 19.4 Å². The molecule has 0 spiro atoms. The summed E-state index contributed by atoms with van der Waals surface area (Å²) in [6.07, 6.45) is 1.02. The standard InChI is InChI=1S/C20H27N5O/c1-12-8-17-18(9-13(12)2)23-19(22-17)6-7-20(26)21-15(4)11-25-16(5)10-14(3)24-25/h8-10,15H,6-7,11H2,1-5H3,(H,21,26)(H,22,23)/t15-/m1/s1. The third-order valence-electron chi connectivity index (χ3n) is 4.69. The highest BCUT2D eigenvalue weighted by Gasteiger charge is 2.12. The van der Waals surface area contributed by atoms with Crippen LogP contribution in [0.4, 0.5) is 0 Å². The van der Waals surface area contributed by atoms with Gasteiger partial charge in [-0.25, -0.2) is 4.98 Å². The zero-order valence-electron chi connectivity index (χ0n) is 16.2. The van der Waals surface area contributed by atoms with Crippen LogP contribution in [-0.2, 0) is 17.8 Å². The zero-order valence-corrected chi connectivity index (χ0v) is 16.2. The first-order chi connectivity index (χ1) is 12.3. The summed E-state index contributed by atoms with van der Waals surface area (Å²) < 4.78 is 1.93. The molecule has 1 atom stereocenters. The molecule has 0 aliphatic carbocycles. The van der Waals surface area contributed by atoms with Gasteiger partial charge in [0, 0.05) is 24.6 Å². The fraction of sp³-hybridized carbons (Fsp3) is 0.450. The predicted molar refractivity (Wildman–Crippen MR) is 103 cm³/mol. The van der Waals surface area contributed by atoms with E-state index >= 15 is 0 Å². The second-order valence-corrected chi connectivity index (χ2v) is 7.21. The molecule has 0 saturated heterocycles. The first-order valence-electron chi connectivity index (χ1n) is 9.08. The minimum atomic E-state index is 0.0291. The molecule has 0 bridgehead atoms. The van der Waals surface area contributed by atoms with Crippen LogP contribution in [0.5, 0.6) is 0 Å². The Hall–Kier alpha value is -2.63. The number of nitrogens with zero attached hydrogens (tertiary/aromatic N) is 3. The van der Waals surface area contributed by atoms with Crippen LogP contribution in [-0.4, -0.2) is 31.7 Å². The van der Waals surface area contributed by atoms with Crippen molar-refractivity contribution >= 4 is 16.9 Å². The van der Waals surface area contributed by atoms with E-state index in [2.05, 4.69) is 46.4 Å². The normalized spacial score (nSPS) is 12.5. The van der Waals surface area contributed by atoms with E-state index in [4.69, 9.17) is 0 Å². The molecule has 0 radical (unpaired) electrons. The van der Waals surface area contributed by atoms with E-state index in [-0.39, 0.29) is 11.9 Å². The molecule has 6 nitrogen and oxygen atoms in total. The van der Waals surface area contributed by atoms with Gasteiger partial charge >= 0.3 is 0 Å². The average Bonchev–Trinajstić information content (AvgIpc) is 3.08. The lowest BCUT2D eigenvalue weighted by atomic mass is 10.1. The van der Waals surface area contributed by atoms with Crippen LogP contribution in [0.15, 0.2) is 18.2 Å². The number of aromatic nitrogens is 4. The third kappa shape index (κ3) is 4.12. The quantitative estimate of drug-likeness (QED) is 0.715. The fourth-order valence-electron chi connectivity index (χ4n) is 3.18. The number of hydrogen-bond acceptors (Lipinski definition) is 3. The lowest BCUT2D eigenvalue weighted by Gasteiger charge is -2.14. The summed E-state index contributed by atoms with van der Waals surface area (Å²) in [5, 5.41) is 7.49. The van der Waals surface area contributed by atoms with E-state index in [1.807, 2.05) is 31.5 Å². The molecule has 3 aromatic rings. The fourth-order valence-corrected chi connectivity index (χ4v) is 3.18. The van der Waals surface area contributed by atoms with Crippen molar-refractivity contribution < 1.29 is 4.79 Å². The number of H-pyrrole nitrogens is 1. The Kier molecular flexibility index (Phi) is 5.11. The van der Waals surface area contributed by atoms with Gasteiger partial charge in [0.05, 0.1) is 23.3 Å². The van der Waals surface area contributed by atoms with Crippen molar-refractivity contribution in [2.24, 2.45) is 0 Å². The molecule has 2 N–H and O–H groups in total. The summed E-state index contributed by atoms with van der Waals surface area (Å²) in [4.78, 5) is 20.2. The molecule has 3 rings (SSSR count). The molecule has 0 saturated carbocycles. The maximum Gasteiger partial charge on any atom is 0.220 e. The number of carbonyl (C=O) groups is 1. The Labute approximate surface area is 154 Å².